The number of hydrogen-bond acceptors (Lipinski definition) is 3. The van der Waals surface area contributed by atoms with Crippen molar-refractivity contribution in [1.82, 2.24) is 9.97 Å². The predicted octanol–water partition coefficient (Wildman–Crippen LogP) is 0.747. The number of hydrogen-bond donors (Lipinski definition) is 0. The van der Waals surface area contributed by atoms with E-state index < -0.39 is 0 Å². The van der Waals surface area contributed by atoms with Gasteiger partial charge in [0, 0.05) is 19.8 Å². The Morgan fingerprint density at radius 3 is 3.00 bits per heavy atom. The zero-order valence-electron chi connectivity index (χ0n) is 5.99. The molecule has 0 aliphatic rings. The van der Waals surface area contributed by atoms with Crippen LogP contribution in [0.25, 0.3) is 0 Å². The maximum atomic E-state index is 4.02. The largest absolute Gasteiger partial charge is 0.360 e. The van der Waals surface area contributed by atoms with E-state index in [4.69, 9.17) is 0 Å². The maximum Gasteiger partial charge on any atom is 0.131 e. The average molecular weight is 136 g/mol. The van der Waals surface area contributed by atoms with Crippen LogP contribution in [-0.4, -0.2) is 23.6 Å². The van der Waals surface area contributed by atoms with Crippen LogP contribution in [0.3, 0.4) is 0 Å². The third kappa shape index (κ3) is 1.43. The summed E-state index contributed by atoms with van der Waals surface area (Å²) in [6.45, 7) is 4.45. The van der Waals surface area contributed by atoms with E-state index in [9.17, 15) is 0 Å². The number of aromatic nitrogens is 2. The van der Waals surface area contributed by atoms with Crippen LogP contribution in [0.2, 0.25) is 0 Å². The quantitative estimate of drug-likeness (QED) is 0.600. The highest BCUT2D eigenvalue weighted by molar-refractivity contribution is 5.34. The van der Waals surface area contributed by atoms with Gasteiger partial charge in [-0.25, -0.2) is 9.97 Å². The van der Waals surface area contributed by atoms with E-state index in [1.165, 1.54) is 6.33 Å². The van der Waals surface area contributed by atoms with Crippen molar-refractivity contribution in [2.75, 3.05) is 18.5 Å². The molecule has 0 saturated heterocycles. The first-order valence-corrected chi connectivity index (χ1v) is 3.11. The minimum atomic E-state index is 0.719. The Bertz CT molecular complexity index is 185. The van der Waals surface area contributed by atoms with Crippen molar-refractivity contribution < 1.29 is 0 Å². The fourth-order valence-electron chi connectivity index (χ4n) is 0.624. The van der Waals surface area contributed by atoms with Crippen LogP contribution in [0.5, 0.6) is 0 Å². The van der Waals surface area contributed by atoms with E-state index in [0.717, 1.165) is 12.4 Å². The van der Waals surface area contributed by atoms with Crippen LogP contribution < -0.4 is 4.90 Å². The summed E-state index contributed by atoms with van der Waals surface area (Å²) in [5, 5.41) is 0. The molecule has 1 aromatic rings. The molecule has 1 aromatic heterocycles. The van der Waals surface area contributed by atoms with Gasteiger partial charge in [-0.05, 0) is 13.0 Å². The van der Waals surface area contributed by atoms with Gasteiger partial charge in [0.25, 0.3) is 0 Å². The number of rotatable bonds is 2. The predicted molar refractivity (Wildman–Crippen MR) is 40.7 cm³/mol. The van der Waals surface area contributed by atoms with Crippen molar-refractivity contribution in [2.45, 2.75) is 0 Å². The minimum absolute atomic E-state index is 0.719. The Kier molecular flexibility index (Phi) is 2.20. The lowest BCUT2D eigenvalue weighted by molar-refractivity contribution is 0.973. The Morgan fingerprint density at radius 1 is 1.70 bits per heavy atom. The average Bonchev–Trinajstić information content (AvgIpc) is 2.05. The summed E-state index contributed by atoms with van der Waals surface area (Å²) < 4.78 is 0. The van der Waals surface area contributed by atoms with Crippen molar-refractivity contribution in [2.24, 2.45) is 0 Å². The molecule has 0 spiro atoms. The molecule has 0 amide bonds. The molecule has 0 atom stereocenters. The fourth-order valence-corrected chi connectivity index (χ4v) is 0.624. The van der Waals surface area contributed by atoms with Crippen molar-refractivity contribution >= 4 is 5.82 Å². The summed E-state index contributed by atoms with van der Waals surface area (Å²) in [5.41, 5.74) is 0. The molecular formula is C7H10N3. The van der Waals surface area contributed by atoms with Gasteiger partial charge in [0.2, 0.25) is 0 Å². The summed E-state index contributed by atoms with van der Waals surface area (Å²) in [6.07, 6.45) is 3.25. The van der Waals surface area contributed by atoms with Gasteiger partial charge in [-0.3, -0.25) is 0 Å². The standard InChI is InChI=1S/C7H10N3/c1-3-10(2)7-4-5-8-6-9-7/h4-6H,1,3H2,2H3. The molecule has 1 radical (unpaired) electrons. The van der Waals surface area contributed by atoms with Gasteiger partial charge >= 0.3 is 0 Å². The lowest BCUT2D eigenvalue weighted by Gasteiger charge is -2.13. The van der Waals surface area contributed by atoms with Gasteiger partial charge < -0.3 is 4.90 Å². The van der Waals surface area contributed by atoms with Crippen LogP contribution in [0.15, 0.2) is 18.6 Å². The van der Waals surface area contributed by atoms with Crippen LogP contribution in [0.1, 0.15) is 0 Å². The molecule has 0 N–H and O–H groups in total. The summed E-state index contributed by atoms with van der Waals surface area (Å²) in [6, 6.07) is 1.85. The summed E-state index contributed by atoms with van der Waals surface area (Å²) >= 11 is 0. The van der Waals surface area contributed by atoms with Crippen LogP contribution in [0, 0.1) is 6.92 Å². The third-order valence-corrected chi connectivity index (χ3v) is 1.29. The Labute approximate surface area is 60.7 Å². The van der Waals surface area contributed by atoms with Gasteiger partial charge in [0.1, 0.15) is 12.1 Å². The molecule has 0 bridgehead atoms. The smallest absolute Gasteiger partial charge is 0.131 e. The highest BCUT2D eigenvalue weighted by atomic mass is 15.2. The first kappa shape index (κ1) is 6.99. The van der Waals surface area contributed by atoms with Gasteiger partial charge in [-0.2, -0.15) is 0 Å². The molecule has 0 aliphatic carbocycles. The third-order valence-electron chi connectivity index (χ3n) is 1.29. The van der Waals surface area contributed by atoms with Crippen LogP contribution in [-0.2, 0) is 0 Å². The van der Waals surface area contributed by atoms with E-state index in [-0.39, 0.29) is 0 Å². The maximum absolute atomic E-state index is 4.02. The molecular weight excluding hydrogens is 126 g/mol. The first-order valence-electron chi connectivity index (χ1n) is 3.11. The van der Waals surface area contributed by atoms with Crippen molar-refractivity contribution in [3.05, 3.63) is 25.5 Å². The molecule has 1 rings (SSSR count). The van der Waals surface area contributed by atoms with E-state index in [1.807, 2.05) is 18.0 Å². The van der Waals surface area contributed by atoms with Gasteiger partial charge in [-0.1, -0.05) is 0 Å². The normalized spacial score (nSPS) is 9.40. The van der Waals surface area contributed by atoms with Crippen molar-refractivity contribution in [1.29, 1.82) is 0 Å². The van der Waals surface area contributed by atoms with Crippen LogP contribution >= 0.6 is 0 Å². The fraction of sp³-hybridized carbons (Fsp3) is 0.286. The molecule has 0 aromatic carbocycles. The molecule has 53 valence electrons. The molecule has 0 aliphatic heterocycles. The highest BCUT2D eigenvalue weighted by Gasteiger charge is 1.95. The minimum Gasteiger partial charge on any atom is -0.360 e. The second-order valence-electron chi connectivity index (χ2n) is 1.99. The number of anilines is 1. The highest BCUT2D eigenvalue weighted by Crippen LogP contribution is 2.02. The van der Waals surface area contributed by atoms with E-state index in [1.54, 1.807) is 6.20 Å². The molecule has 3 heteroatoms. The Hall–Kier alpha value is -1.12. The van der Waals surface area contributed by atoms with Crippen LogP contribution in [0.4, 0.5) is 5.82 Å². The van der Waals surface area contributed by atoms with E-state index >= 15 is 0 Å². The zero-order chi connectivity index (χ0) is 7.40. The summed E-state index contributed by atoms with van der Waals surface area (Å²) in [5.74, 6) is 0.907. The Morgan fingerprint density at radius 2 is 2.50 bits per heavy atom. The Balaban J connectivity index is 2.75. The lowest BCUT2D eigenvalue weighted by Crippen LogP contribution is -2.17. The van der Waals surface area contributed by atoms with E-state index in [0.29, 0.717) is 0 Å². The van der Waals surface area contributed by atoms with Gasteiger partial charge in [0.15, 0.2) is 0 Å². The molecule has 0 fully saturated rings. The molecule has 0 unspecified atom stereocenters. The lowest BCUT2D eigenvalue weighted by atomic mass is 10.5. The first-order chi connectivity index (χ1) is 4.84. The summed E-state index contributed by atoms with van der Waals surface area (Å²) in [4.78, 5) is 9.77. The number of nitrogens with zero attached hydrogens (tertiary/aromatic N) is 3. The second kappa shape index (κ2) is 3.15. The molecule has 3 nitrogen and oxygen atoms in total. The summed E-state index contributed by atoms with van der Waals surface area (Å²) in [7, 11) is 1.94. The van der Waals surface area contributed by atoms with Gasteiger partial charge in [0.05, 0.1) is 0 Å². The second-order valence-corrected chi connectivity index (χ2v) is 1.99. The van der Waals surface area contributed by atoms with Gasteiger partial charge in [-0.15, -0.1) is 0 Å². The molecule has 10 heavy (non-hydrogen) atoms. The van der Waals surface area contributed by atoms with Crippen molar-refractivity contribution in [3.63, 3.8) is 0 Å². The SMILES string of the molecule is [CH2]CN(C)c1ccncn1. The van der Waals surface area contributed by atoms with Crippen molar-refractivity contribution in [3.8, 4) is 0 Å². The molecule has 0 saturated carbocycles. The van der Waals surface area contributed by atoms with E-state index in [2.05, 4.69) is 16.9 Å². The monoisotopic (exact) mass is 136 g/mol. The zero-order valence-corrected chi connectivity index (χ0v) is 5.99. The topological polar surface area (TPSA) is 29.0 Å². The molecule has 1 heterocycles.